The van der Waals surface area contributed by atoms with Crippen molar-refractivity contribution >= 4 is 33.9 Å². The predicted octanol–water partition coefficient (Wildman–Crippen LogP) is 6.03. The number of rotatable bonds is 5. The van der Waals surface area contributed by atoms with Crippen LogP contribution in [-0.4, -0.2) is 13.1 Å². The molecule has 0 bridgehead atoms. The lowest BCUT2D eigenvalue weighted by molar-refractivity contribution is -0.146. The Morgan fingerprint density at radius 1 is 1.04 bits per heavy atom. The van der Waals surface area contributed by atoms with Crippen LogP contribution in [0.1, 0.15) is 24.5 Å². The summed E-state index contributed by atoms with van der Waals surface area (Å²) in [7, 11) is 1.41. The van der Waals surface area contributed by atoms with Crippen molar-refractivity contribution in [2.24, 2.45) is 0 Å². The van der Waals surface area contributed by atoms with Gasteiger partial charge in [-0.1, -0.05) is 66.7 Å². The standard InChI is InChI=1S/C23H21ClO2/c1-16(18-9-8-17-6-4-5-7-19(17)14-18)15-23(2,22(25)26-3)20-10-12-21(24)13-11-20/h4-14H,1,15H2,2-3H3. The summed E-state index contributed by atoms with van der Waals surface area (Å²) < 4.78 is 5.09. The van der Waals surface area contributed by atoms with E-state index in [4.69, 9.17) is 16.3 Å². The second-order valence-electron chi connectivity index (χ2n) is 6.67. The molecule has 0 N–H and O–H groups in total. The molecule has 3 aromatic rings. The van der Waals surface area contributed by atoms with E-state index in [2.05, 4.69) is 30.8 Å². The molecule has 0 aliphatic carbocycles. The quantitative estimate of drug-likeness (QED) is 0.517. The molecule has 3 heteroatoms. The number of halogens is 1. The highest BCUT2D eigenvalue weighted by Crippen LogP contribution is 2.36. The smallest absolute Gasteiger partial charge is 0.316 e. The lowest BCUT2D eigenvalue weighted by Gasteiger charge is -2.28. The number of fused-ring (bicyclic) bond motifs is 1. The van der Waals surface area contributed by atoms with Crippen molar-refractivity contribution in [1.82, 2.24) is 0 Å². The third-order valence-electron chi connectivity index (χ3n) is 4.84. The van der Waals surface area contributed by atoms with Crippen LogP contribution in [0.25, 0.3) is 16.3 Å². The summed E-state index contributed by atoms with van der Waals surface area (Å²) in [5, 5.41) is 2.96. The van der Waals surface area contributed by atoms with Crippen LogP contribution in [-0.2, 0) is 14.9 Å². The Morgan fingerprint density at radius 2 is 1.69 bits per heavy atom. The van der Waals surface area contributed by atoms with Gasteiger partial charge in [0.05, 0.1) is 12.5 Å². The molecule has 1 atom stereocenters. The molecule has 0 saturated heterocycles. The zero-order valence-corrected chi connectivity index (χ0v) is 15.7. The van der Waals surface area contributed by atoms with Crippen LogP contribution >= 0.6 is 11.6 Å². The SMILES string of the molecule is C=C(CC(C)(C(=O)OC)c1ccc(Cl)cc1)c1ccc2ccccc2c1. The molecule has 0 fully saturated rings. The normalized spacial score (nSPS) is 13.2. The zero-order chi connectivity index (χ0) is 18.7. The van der Waals surface area contributed by atoms with Gasteiger partial charge in [-0.2, -0.15) is 0 Å². The van der Waals surface area contributed by atoms with E-state index in [-0.39, 0.29) is 5.97 Å². The molecule has 1 unspecified atom stereocenters. The number of esters is 1. The Bertz CT molecular complexity index is 959. The van der Waals surface area contributed by atoms with E-state index >= 15 is 0 Å². The third kappa shape index (κ3) is 3.51. The van der Waals surface area contributed by atoms with Gasteiger partial charge in [-0.15, -0.1) is 0 Å². The third-order valence-corrected chi connectivity index (χ3v) is 5.09. The monoisotopic (exact) mass is 364 g/mol. The first kappa shape index (κ1) is 18.2. The molecule has 26 heavy (non-hydrogen) atoms. The molecular formula is C23H21ClO2. The van der Waals surface area contributed by atoms with Crippen LogP contribution in [0.5, 0.6) is 0 Å². The fraction of sp³-hybridized carbons (Fsp3) is 0.174. The lowest BCUT2D eigenvalue weighted by atomic mass is 9.76. The molecule has 3 rings (SSSR count). The molecule has 3 aromatic carbocycles. The van der Waals surface area contributed by atoms with Crippen molar-refractivity contribution in [1.29, 1.82) is 0 Å². The van der Waals surface area contributed by atoms with Crippen molar-refractivity contribution in [2.45, 2.75) is 18.8 Å². The van der Waals surface area contributed by atoms with E-state index in [9.17, 15) is 4.79 Å². The van der Waals surface area contributed by atoms with Gasteiger partial charge in [0.1, 0.15) is 0 Å². The molecule has 0 aliphatic heterocycles. The number of carbonyl (C=O) groups is 1. The first-order chi connectivity index (χ1) is 12.4. The van der Waals surface area contributed by atoms with Crippen LogP contribution in [0, 0.1) is 0 Å². The molecule has 132 valence electrons. The summed E-state index contributed by atoms with van der Waals surface area (Å²) in [6, 6.07) is 21.7. The van der Waals surface area contributed by atoms with Gasteiger partial charge in [0, 0.05) is 5.02 Å². The molecule has 0 saturated carbocycles. The van der Waals surface area contributed by atoms with Gasteiger partial charge in [0.15, 0.2) is 0 Å². The van der Waals surface area contributed by atoms with E-state index in [1.807, 2.05) is 37.3 Å². The summed E-state index contributed by atoms with van der Waals surface area (Å²) in [6.07, 6.45) is 0.458. The van der Waals surface area contributed by atoms with Crippen LogP contribution in [0.4, 0.5) is 0 Å². The highest BCUT2D eigenvalue weighted by molar-refractivity contribution is 6.30. The molecule has 0 spiro atoms. The van der Waals surface area contributed by atoms with Crippen molar-refractivity contribution in [3.8, 4) is 0 Å². The van der Waals surface area contributed by atoms with E-state index < -0.39 is 5.41 Å². The van der Waals surface area contributed by atoms with E-state index in [0.717, 1.165) is 22.1 Å². The molecule has 0 aromatic heterocycles. The number of carbonyl (C=O) groups excluding carboxylic acids is 1. The maximum absolute atomic E-state index is 12.6. The first-order valence-electron chi connectivity index (χ1n) is 8.45. The van der Waals surface area contributed by atoms with Crippen LogP contribution in [0.3, 0.4) is 0 Å². The van der Waals surface area contributed by atoms with Gasteiger partial charge < -0.3 is 4.74 Å². The number of hydrogen-bond acceptors (Lipinski definition) is 2. The average molecular weight is 365 g/mol. The summed E-state index contributed by atoms with van der Waals surface area (Å²) in [5.41, 5.74) is 1.93. The highest BCUT2D eigenvalue weighted by atomic mass is 35.5. The Labute approximate surface area is 159 Å². The number of allylic oxidation sites excluding steroid dienone is 1. The first-order valence-corrected chi connectivity index (χ1v) is 8.83. The predicted molar refractivity (Wildman–Crippen MR) is 108 cm³/mol. The molecule has 0 radical (unpaired) electrons. The van der Waals surface area contributed by atoms with Crippen molar-refractivity contribution in [2.75, 3.05) is 7.11 Å². The van der Waals surface area contributed by atoms with Gasteiger partial charge in [-0.25, -0.2) is 0 Å². The summed E-state index contributed by atoms with van der Waals surface area (Å²) >= 11 is 6.00. The lowest BCUT2D eigenvalue weighted by Crippen LogP contribution is -2.34. The minimum Gasteiger partial charge on any atom is -0.468 e. The summed E-state index contributed by atoms with van der Waals surface area (Å²) in [6.45, 7) is 6.13. The zero-order valence-electron chi connectivity index (χ0n) is 15.0. The van der Waals surface area contributed by atoms with Crippen molar-refractivity contribution in [3.05, 3.63) is 89.5 Å². The van der Waals surface area contributed by atoms with Gasteiger partial charge in [0.2, 0.25) is 0 Å². The van der Waals surface area contributed by atoms with Crippen LogP contribution in [0.15, 0.2) is 73.3 Å². The van der Waals surface area contributed by atoms with Crippen LogP contribution in [0.2, 0.25) is 5.02 Å². The summed E-state index contributed by atoms with van der Waals surface area (Å²) in [5.74, 6) is -0.290. The number of ether oxygens (including phenoxy) is 1. The fourth-order valence-electron chi connectivity index (χ4n) is 3.27. The van der Waals surface area contributed by atoms with Crippen LogP contribution < -0.4 is 0 Å². The molecule has 0 aliphatic rings. The van der Waals surface area contributed by atoms with E-state index in [0.29, 0.717) is 11.4 Å². The minimum absolute atomic E-state index is 0.290. The van der Waals surface area contributed by atoms with E-state index in [1.54, 1.807) is 12.1 Å². The highest BCUT2D eigenvalue weighted by Gasteiger charge is 2.37. The van der Waals surface area contributed by atoms with Gasteiger partial charge >= 0.3 is 5.97 Å². The number of benzene rings is 3. The Morgan fingerprint density at radius 3 is 2.35 bits per heavy atom. The summed E-state index contributed by atoms with van der Waals surface area (Å²) in [4.78, 5) is 12.6. The Hall–Kier alpha value is -2.58. The van der Waals surface area contributed by atoms with Crippen molar-refractivity contribution < 1.29 is 9.53 Å². The molecular weight excluding hydrogens is 344 g/mol. The molecule has 2 nitrogen and oxygen atoms in total. The minimum atomic E-state index is -0.831. The maximum atomic E-state index is 12.6. The second-order valence-corrected chi connectivity index (χ2v) is 7.11. The largest absolute Gasteiger partial charge is 0.468 e. The van der Waals surface area contributed by atoms with Gasteiger partial charge in [0.25, 0.3) is 0 Å². The second kappa shape index (κ2) is 7.35. The van der Waals surface area contributed by atoms with E-state index in [1.165, 1.54) is 12.5 Å². The van der Waals surface area contributed by atoms with Crippen molar-refractivity contribution in [3.63, 3.8) is 0 Å². The number of methoxy groups -OCH3 is 1. The molecule has 0 amide bonds. The maximum Gasteiger partial charge on any atom is 0.316 e. The average Bonchev–Trinajstić information content (AvgIpc) is 2.67. The Kier molecular flexibility index (Phi) is 5.15. The van der Waals surface area contributed by atoms with Gasteiger partial charge in [-0.05, 0) is 59.0 Å². The Balaban J connectivity index is 1.96. The molecule has 0 heterocycles. The topological polar surface area (TPSA) is 26.3 Å². The number of hydrogen-bond donors (Lipinski definition) is 0. The fourth-order valence-corrected chi connectivity index (χ4v) is 3.40. The van der Waals surface area contributed by atoms with Gasteiger partial charge in [-0.3, -0.25) is 4.79 Å².